The molecule has 0 aromatic carbocycles. The van der Waals surface area contributed by atoms with Gasteiger partial charge in [0.2, 0.25) is 0 Å². The van der Waals surface area contributed by atoms with Crippen molar-refractivity contribution in [3.63, 3.8) is 0 Å². The van der Waals surface area contributed by atoms with Gasteiger partial charge in [0.25, 0.3) is 0 Å². The summed E-state index contributed by atoms with van der Waals surface area (Å²) in [6, 6.07) is 0.792. The number of hydrogen-bond acceptors (Lipinski definition) is 4. The van der Waals surface area contributed by atoms with Gasteiger partial charge < -0.3 is 10.6 Å². The van der Waals surface area contributed by atoms with E-state index >= 15 is 0 Å². The number of rotatable bonds is 4. The highest BCUT2D eigenvalue weighted by atomic mass is 127. The summed E-state index contributed by atoms with van der Waals surface area (Å²) in [5.74, 6) is 0.847. The third kappa shape index (κ3) is 4.93. The van der Waals surface area contributed by atoms with Crippen molar-refractivity contribution in [2.75, 3.05) is 7.05 Å². The van der Waals surface area contributed by atoms with Crippen molar-refractivity contribution < 1.29 is 0 Å². The molecule has 0 fully saturated rings. The molecule has 0 bridgehead atoms. The van der Waals surface area contributed by atoms with Gasteiger partial charge in [-0.05, 0) is 39.2 Å². The maximum absolute atomic E-state index is 4.74. The molecule has 25 heavy (non-hydrogen) atoms. The summed E-state index contributed by atoms with van der Waals surface area (Å²) < 4.78 is 2.08. The van der Waals surface area contributed by atoms with Gasteiger partial charge in [-0.2, -0.15) is 5.10 Å². The quantitative estimate of drug-likeness (QED) is 0.406. The van der Waals surface area contributed by atoms with Gasteiger partial charge in [0.1, 0.15) is 0 Å². The molecule has 3 rings (SSSR count). The number of aliphatic imine (C=N–C) groups is 1. The van der Waals surface area contributed by atoms with Gasteiger partial charge in [-0.25, -0.2) is 4.98 Å². The molecule has 1 atom stereocenters. The molecule has 2 aromatic heterocycles. The van der Waals surface area contributed by atoms with Crippen LogP contribution in [0.5, 0.6) is 0 Å². The number of fused-ring (bicyclic) bond motifs is 1. The molecule has 0 saturated carbocycles. The number of aryl methyl sites for hydroxylation is 2. The molecule has 8 heteroatoms. The Hall–Kier alpha value is -1.16. The lowest BCUT2D eigenvalue weighted by atomic mass is 9.94. The zero-order valence-corrected chi connectivity index (χ0v) is 18.4. The lowest BCUT2D eigenvalue weighted by molar-refractivity contribution is 0.499. The molecule has 1 aliphatic carbocycles. The fourth-order valence-corrected chi connectivity index (χ4v) is 3.67. The maximum Gasteiger partial charge on any atom is 0.191 e. The first kappa shape index (κ1) is 20.2. The van der Waals surface area contributed by atoms with E-state index in [2.05, 4.69) is 45.3 Å². The second-order valence-electron chi connectivity index (χ2n) is 6.55. The Morgan fingerprint density at radius 1 is 1.48 bits per heavy atom. The predicted octanol–water partition coefficient (Wildman–Crippen LogP) is 3.07. The van der Waals surface area contributed by atoms with Crippen LogP contribution in [0.3, 0.4) is 0 Å². The second kappa shape index (κ2) is 8.98. The molecule has 2 aromatic rings. The van der Waals surface area contributed by atoms with Crippen molar-refractivity contribution in [3.05, 3.63) is 33.5 Å². The first-order chi connectivity index (χ1) is 11.6. The van der Waals surface area contributed by atoms with E-state index in [-0.39, 0.29) is 24.0 Å². The van der Waals surface area contributed by atoms with Gasteiger partial charge in [-0.1, -0.05) is 0 Å². The van der Waals surface area contributed by atoms with E-state index < -0.39 is 0 Å². The zero-order chi connectivity index (χ0) is 17.1. The topological polar surface area (TPSA) is 67.1 Å². The number of aromatic nitrogens is 3. The van der Waals surface area contributed by atoms with Crippen molar-refractivity contribution in [2.24, 2.45) is 4.99 Å². The van der Waals surface area contributed by atoms with Crippen LogP contribution in [0, 0.1) is 6.92 Å². The normalized spacial score (nSPS) is 17.2. The van der Waals surface area contributed by atoms with E-state index in [4.69, 9.17) is 5.10 Å². The van der Waals surface area contributed by atoms with Crippen LogP contribution in [0.2, 0.25) is 0 Å². The molecular weight excluding hydrogens is 447 g/mol. The number of nitrogens with zero attached hydrogens (tertiary/aromatic N) is 4. The molecule has 0 radical (unpaired) electrons. The van der Waals surface area contributed by atoms with Crippen LogP contribution >= 0.6 is 35.3 Å². The van der Waals surface area contributed by atoms with Gasteiger partial charge in [0.05, 0.1) is 23.4 Å². The SMILES string of the molecule is CN=C(NCc1scnc1C)NC1CCc2cn(C(C)C)nc2C1.I. The van der Waals surface area contributed by atoms with Crippen LogP contribution in [-0.4, -0.2) is 33.8 Å². The molecule has 138 valence electrons. The van der Waals surface area contributed by atoms with Gasteiger partial charge >= 0.3 is 0 Å². The summed E-state index contributed by atoms with van der Waals surface area (Å²) in [6.45, 7) is 7.14. The molecule has 1 unspecified atom stereocenters. The van der Waals surface area contributed by atoms with Gasteiger partial charge in [-0.15, -0.1) is 35.3 Å². The van der Waals surface area contributed by atoms with Crippen LogP contribution in [0.1, 0.15) is 48.1 Å². The molecule has 2 heterocycles. The van der Waals surface area contributed by atoms with Crippen LogP contribution in [-0.2, 0) is 19.4 Å². The van der Waals surface area contributed by atoms with Gasteiger partial charge in [0.15, 0.2) is 5.96 Å². The minimum absolute atomic E-state index is 0. The highest BCUT2D eigenvalue weighted by molar-refractivity contribution is 14.0. The fourth-order valence-electron chi connectivity index (χ4n) is 2.95. The van der Waals surface area contributed by atoms with Crippen LogP contribution < -0.4 is 10.6 Å². The van der Waals surface area contributed by atoms with Crippen molar-refractivity contribution >= 4 is 41.3 Å². The van der Waals surface area contributed by atoms with Gasteiger partial charge in [-0.3, -0.25) is 9.67 Å². The standard InChI is InChI=1S/C17H26N6S.HI/c1-11(2)23-9-13-5-6-14(7-15(13)22-23)21-17(18-4)19-8-16-12(3)20-10-24-16;/h9-11,14H,5-8H2,1-4H3,(H2,18,19,21);1H. The minimum Gasteiger partial charge on any atom is -0.353 e. The third-order valence-corrected chi connectivity index (χ3v) is 5.39. The Morgan fingerprint density at radius 3 is 2.92 bits per heavy atom. The molecule has 1 aliphatic rings. The first-order valence-corrected chi connectivity index (χ1v) is 9.37. The Labute approximate surface area is 170 Å². The van der Waals surface area contributed by atoms with E-state index in [9.17, 15) is 0 Å². The van der Waals surface area contributed by atoms with E-state index in [0.717, 1.165) is 37.5 Å². The van der Waals surface area contributed by atoms with Crippen LogP contribution in [0.25, 0.3) is 0 Å². The molecule has 6 nitrogen and oxygen atoms in total. The Kier molecular flexibility index (Phi) is 7.24. The average Bonchev–Trinajstić information content (AvgIpc) is 3.17. The van der Waals surface area contributed by atoms with E-state index in [0.29, 0.717) is 12.1 Å². The third-order valence-electron chi connectivity index (χ3n) is 4.45. The molecule has 2 N–H and O–H groups in total. The summed E-state index contributed by atoms with van der Waals surface area (Å²) >= 11 is 1.68. The number of halogens is 1. The number of hydrogen-bond donors (Lipinski definition) is 2. The fraction of sp³-hybridized carbons (Fsp3) is 0.588. The van der Waals surface area contributed by atoms with E-state index in [1.807, 2.05) is 19.5 Å². The minimum atomic E-state index is 0. The molecule has 0 aliphatic heterocycles. The van der Waals surface area contributed by atoms with E-state index in [1.165, 1.54) is 16.1 Å². The maximum atomic E-state index is 4.74. The number of thiazole rings is 1. The highest BCUT2D eigenvalue weighted by Crippen LogP contribution is 2.21. The predicted molar refractivity (Wildman–Crippen MR) is 114 cm³/mol. The van der Waals surface area contributed by atoms with Crippen molar-refractivity contribution in [1.29, 1.82) is 0 Å². The smallest absolute Gasteiger partial charge is 0.191 e. The molecule has 0 spiro atoms. The lowest BCUT2D eigenvalue weighted by Crippen LogP contribution is -2.45. The average molecular weight is 474 g/mol. The highest BCUT2D eigenvalue weighted by Gasteiger charge is 2.23. The summed E-state index contributed by atoms with van der Waals surface area (Å²) in [5.41, 5.74) is 5.59. The monoisotopic (exact) mass is 474 g/mol. The largest absolute Gasteiger partial charge is 0.353 e. The number of guanidine groups is 1. The van der Waals surface area contributed by atoms with E-state index in [1.54, 1.807) is 11.3 Å². The Morgan fingerprint density at radius 2 is 2.28 bits per heavy atom. The second-order valence-corrected chi connectivity index (χ2v) is 7.48. The summed E-state index contributed by atoms with van der Waals surface area (Å²) in [5, 5.41) is 11.7. The molecule has 0 saturated heterocycles. The van der Waals surface area contributed by atoms with Gasteiger partial charge in [0, 0.05) is 36.6 Å². The zero-order valence-electron chi connectivity index (χ0n) is 15.2. The Balaban J connectivity index is 0.00000225. The number of nitrogens with one attached hydrogen (secondary N) is 2. The summed E-state index contributed by atoms with van der Waals surface area (Å²) in [6.07, 6.45) is 5.34. The van der Waals surface area contributed by atoms with Crippen molar-refractivity contribution in [3.8, 4) is 0 Å². The molecular formula is C17H27IN6S. The van der Waals surface area contributed by atoms with Crippen LogP contribution in [0.4, 0.5) is 0 Å². The van der Waals surface area contributed by atoms with Crippen LogP contribution in [0.15, 0.2) is 16.7 Å². The Bertz CT molecular complexity index is 721. The lowest BCUT2D eigenvalue weighted by Gasteiger charge is -2.24. The van der Waals surface area contributed by atoms with Crippen molar-refractivity contribution in [2.45, 2.75) is 58.7 Å². The summed E-state index contributed by atoms with van der Waals surface area (Å²) in [4.78, 5) is 9.89. The first-order valence-electron chi connectivity index (χ1n) is 8.50. The summed E-state index contributed by atoms with van der Waals surface area (Å²) in [7, 11) is 1.82. The molecule has 0 amide bonds. The van der Waals surface area contributed by atoms with Crippen molar-refractivity contribution in [1.82, 2.24) is 25.4 Å².